The SMILES string of the molecule is CCCCOc1cccc(C=NNC(=O)CC(=O)Nc2ccc(F)cc2)c1. The molecule has 2 rings (SSSR count). The number of carbonyl (C=O) groups is 2. The number of benzene rings is 2. The Morgan fingerprint density at radius 3 is 2.67 bits per heavy atom. The van der Waals surface area contributed by atoms with Gasteiger partial charge in [-0.2, -0.15) is 5.10 Å². The molecule has 0 saturated carbocycles. The highest BCUT2D eigenvalue weighted by Gasteiger charge is 2.09. The lowest BCUT2D eigenvalue weighted by Gasteiger charge is -2.05. The Hall–Kier alpha value is -3.22. The normalized spacial score (nSPS) is 10.6. The average molecular weight is 371 g/mol. The molecule has 6 nitrogen and oxygen atoms in total. The van der Waals surface area contributed by atoms with Gasteiger partial charge in [-0.3, -0.25) is 9.59 Å². The summed E-state index contributed by atoms with van der Waals surface area (Å²) in [4.78, 5) is 23.5. The minimum absolute atomic E-state index is 0.394. The number of carbonyl (C=O) groups excluding carboxylic acids is 2. The molecule has 27 heavy (non-hydrogen) atoms. The summed E-state index contributed by atoms with van der Waals surface area (Å²) in [6, 6.07) is 12.6. The highest BCUT2D eigenvalue weighted by atomic mass is 19.1. The maximum Gasteiger partial charge on any atom is 0.249 e. The van der Waals surface area contributed by atoms with Crippen molar-refractivity contribution >= 4 is 23.7 Å². The Kier molecular flexibility index (Phi) is 7.96. The molecule has 0 aliphatic carbocycles. The molecule has 0 unspecified atom stereocenters. The van der Waals surface area contributed by atoms with Gasteiger partial charge in [0.05, 0.1) is 12.8 Å². The van der Waals surface area contributed by atoms with Crippen LogP contribution in [0, 0.1) is 5.82 Å². The summed E-state index contributed by atoms with van der Waals surface area (Å²) in [5.74, 6) is -0.737. The van der Waals surface area contributed by atoms with Crippen LogP contribution in [-0.2, 0) is 9.59 Å². The van der Waals surface area contributed by atoms with Gasteiger partial charge in [-0.05, 0) is 48.4 Å². The van der Waals surface area contributed by atoms with Crippen LogP contribution in [-0.4, -0.2) is 24.6 Å². The largest absolute Gasteiger partial charge is 0.494 e. The van der Waals surface area contributed by atoms with Gasteiger partial charge in [0.15, 0.2) is 0 Å². The van der Waals surface area contributed by atoms with E-state index in [1.54, 1.807) is 0 Å². The van der Waals surface area contributed by atoms with Crippen LogP contribution in [0.3, 0.4) is 0 Å². The van der Waals surface area contributed by atoms with E-state index in [9.17, 15) is 14.0 Å². The Labute approximate surface area is 157 Å². The summed E-state index contributed by atoms with van der Waals surface area (Å²) >= 11 is 0. The van der Waals surface area contributed by atoms with Crippen molar-refractivity contribution in [2.24, 2.45) is 5.10 Å². The van der Waals surface area contributed by atoms with Crippen molar-refractivity contribution < 1.29 is 18.7 Å². The fraction of sp³-hybridized carbons (Fsp3) is 0.250. The molecule has 2 amide bonds. The second kappa shape index (κ2) is 10.7. The van der Waals surface area contributed by atoms with Gasteiger partial charge in [0.25, 0.3) is 0 Å². The Balaban J connectivity index is 1.78. The minimum Gasteiger partial charge on any atom is -0.494 e. The van der Waals surface area contributed by atoms with Gasteiger partial charge in [-0.1, -0.05) is 25.5 Å². The average Bonchev–Trinajstić information content (AvgIpc) is 2.64. The van der Waals surface area contributed by atoms with Crippen LogP contribution in [0.2, 0.25) is 0 Å². The first-order chi connectivity index (χ1) is 13.1. The highest BCUT2D eigenvalue weighted by Crippen LogP contribution is 2.12. The lowest BCUT2D eigenvalue weighted by Crippen LogP contribution is -2.24. The molecule has 2 N–H and O–H groups in total. The second-order valence-corrected chi connectivity index (χ2v) is 5.80. The van der Waals surface area contributed by atoms with Gasteiger partial charge in [-0.15, -0.1) is 0 Å². The lowest BCUT2D eigenvalue weighted by molar-refractivity contribution is -0.126. The molecule has 0 spiro atoms. The molecule has 0 bridgehead atoms. The van der Waals surface area contributed by atoms with Gasteiger partial charge in [0.2, 0.25) is 11.8 Å². The highest BCUT2D eigenvalue weighted by molar-refractivity contribution is 6.03. The molecule has 0 radical (unpaired) electrons. The molecule has 0 heterocycles. The number of halogens is 1. The maximum atomic E-state index is 12.8. The monoisotopic (exact) mass is 371 g/mol. The Morgan fingerprint density at radius 2 is 1.93 bits per heavy atom. The zero-order chi connectivity index (χ0) is 19.5. The smallest absolute Gasteiger partial charge is 0.249 e. The molecular formula is C20H22FN3O3. The van der Waals surface area contributed by atoms with Crippen molar-refractivity contribution in [2.75, 3.05) is 11.9 Å². The quantitative estimate of drug-likeness (QED) is 0.306. The number of anilines is 1. The van der Waals surface area contributed by atoms with Crippen LogP contribution in [0.1, 0.15) is 31.7 Å². The van der Waals surface area contributed by atoms with Crippen molar-refractivity contribution in [2.45, 2.75) is 26.2 Å². The number of hydrazone groups is 1. The van der Waals surface area contributed by atoms with Crippen LogP contribution in [0.15, 0.2) is 53.6 Å². The molecule has 7 heteroatoms. The number of hydrogen-bond donors (Lipinski definition) is 2. The number of nitrogens with zero attached hydrogens (tertiary/aromatic N) is 1. The summed E-state index contributed by atoms with van der Waals surface area (Å²) in [7, 11) is 0. The van der Waals surface area contributed by atoms with Gasteiger partial charge in [0.1, 0.15) is 18.0 Å². The molecule has 0 aromatic heterocycles. The third-order valence-electron chi connectivity index (χ3n) is 3.48. The molecule has 142 valence electrons. The van der Waals surface area contributed by atoms with Crippen LogP contribution < -0.4 is 15.5 Å². The predicted molar refractivity (Wildman–Crippen MR) is 102 cm³/mol. The first-order valence-corrected chi connectivity index (χ1v) is 8.67. The van der Waals surface area contributed by atoms with E-state index in [1.165, 1.54) is 30.5 Å². The standard InChI is InChI=1S/C20H22FN3O3/c1-2-3-11-27-18-6-4-5-15(12-18)14-22-24-20(26)13-19(25)23-17-9-7-16(21)8-10-17/h4-10,12,14H,2-3,11,13H2,1H3,(H,23,25)(H,24,26). The third kappa shape index (κ3) is 7.68. The van der Waals surface area contributed by atoms with E-state index in [2.05, 4.69) is 22.8 Å². The Morgan fingerprint density at radius 1 is 1.15 bits per heavy atom. The van der Waals surface area contributed by atoms with Crippen molar-refractivity contribution in [3.63, 3.8) is 0 Å². The molecule has 0 aliphatic rings. The van der Waals surface area contributed by atoms with E-state index in [0.717, 1.165) is 24.2 Å². The summed E-state index contributed by atoms with van der Waals surface area (Å²) in [6.07, 6.45) is 3.12. The number of nitrogens with one attached hydrogen (secondary N) is 2. The van der Waals surface area contributed by atoms with E-state index in [1.807, 2.05) is 24.3 Å². The predicted octanol–water partition coefficient (Wildman–Crippen LogP) is 3.48. The van der Waals surface area contributed by atoms with Crippen molar-refractivity contribution in [3.05, 3.63) is 59.9 Å². The van der Waals surface area contributed by atoms with E-state index in [0.29, 0.717) is 12.3 Å². The van der Waals surface area contributed by atoms with E-state index >= 15 is 0 Å². The lowest BCUT2D eigenvalue weighted by atomic mass is 10.2. The number of hydrogen-bond acceptors (Lipinski definition) is 4. The first kappa shape index (κ1) is 20.1. The molecule has 2 aromatic carbocycles. The van der Waals surface area contributed by atoms with E-state index in [-0.39, 0.29) is 0 Å². The molecular weight excluding hydrogens is 349 g/mol. The summed E-state index contributed by atoms with van der Waals surface area (Å²) in [5, 5.41) is 6.35. The van der Waals surface area contributed by atoms with Crippen LogP contribution in [0.25, 0.3) is 0 Å². The van der Waals surface area contributed by atoms with Crippen LogP contribution in [0.5, 0.6) is 5.75 Å². The van der Waals surface area contributed by atoms with Gasteiger partial charge in [-0.25, -0.2) is 9.82 Å². The third-order valence-corrected chi connectivity index (χ3v) is 3.48. The topological polar surface area (TPSA) is 79.8 Å². The fourth-order valence-electron chi connectivity index (χ4n) is 2.12. The zero-order valence-electron chi connectivity index (χ0n) is 15.1. The van der Waals surface area contributed by atoms with Crippen molar-refractivity contribution in [1.82, 2.24) is 5.43 Å². The number of ether oxygens (including phenoxy) is 1. The maximum absolute atomic E-state index is 12.8. The number of rotatable bonds is 9. The van der Waals surface area contributed by atoms with Crippen molar-refractivity contribution in [3.8, 4) is 5.75 Å². The molecule has 0 fully saturated rings. The molecule has 0 atom stereocenters. The molecule has 0 saturated heterocycles. The summed E-state index contributed by atoms with van der Waals surface area (Å²) < 4.78 is 18.4. The van der Waals surface area contributed by atoms with Gasteiger partial charge < -0.3 is 10.1 Å². The Bertz CT molecular complexity index is 791. The number of amides is 2. The van der Waals surface area contributed by atoms with Crippen molar-refractivity contribution in [1.29, 1.82) is 0 Å². The van der Waals surface area contributed by atoms with E-state index in [4.69, 9.17) is 4.74 Å². The summed E-state index contributed by atoms with van der Waals surface area (Å²) in [6.45, 7) is 2.74. The minimum atomic E-state index is -0.554. The van der Waals surface area contributed by atoms with Gasteiger partial charge in [0, 0.05) is 5.69 Å². The fourth-order valence-corrected chi connectivity index (χ4v) is 2.12. The van der Waals surface area contributed by atoms with Crippen LogP contribution in [0.4, 0.5) is 10.1 Å². The summed E-state index contributed by atoms with van der Waals surface area (Å²) in [5.41, 5.74) is 3.48. The molecule has 0 aliphatic heterocycles. The van der Waals surface area contributed by atoms with Crippen LogP contribution >= 0.6 is 0 Å². The molecule has 2 aromatic rings. The second-order valence-electron chi connectivity index (χ2n) is 5.80. The van der Waals surface area contributed by atoms with E-state index < -0.39 is 24.1 Å². The zero-order valence-corrected chi connectivity index (χ0v) is 15.1. The first-order valence-electron chi connectivity index (χ1n) is 8.67. The number of unbranched alkanes of at least 4 members (excludes halogenated alkanes) is 1. The van der Waals surface area contributed by atoms with Gasteiger partial charge >= 0.3 is 0 Å².